The first kappa shape index (κ1) is 21.9. The second-order valence-corrected chi connectivity index (χ2v) is 6.22. The number of rotatable bonds is 5. The van der Waals surface area contributed by atoms with E-state index in [2.05, 4.69) is 20.4 Å². The van der Waals surface area contributed by atoms with Crippen LogP contribution in [0.25, 0.3) is 0 Å². The number of carbonyl (C=O) groups is 1. The summed E-state index contributed by atoms with van der Waals surface area (Å²) in [5.41, 5.74) is 1.82. The molecule has 1 aliphatic rings. The van der Waals surface area contributed by atoms with E-state index in [0.29, 0.717) is 25.5 Å². The first-order chi connectivity index (χ1) is 13.1. The van der Waals surface area contributed by atoms with E-state index in [4.69, 9.17) is 4.74 Å². The average Bonchev–Trinajstić information content (AvgIpc) is 3.11. The van der Waals surface area contributed by atoms with Crippen molar-refractivity contribution in [1.82, 2.24) is 25.0 Å². The Balaban J connectivity index is 0.00000280. The van der Waals surface area contributed by atoms with Crippen LogP contribution in [-0.4, -0.2) is 64.8 Å². The molecule has 1 N–H and O–H groups in total. The highest BCUT2D eigenvalue weighted by atomic mass is 127. The largest absolute Gasteiger partial charge is 0.481 e. The van der Waals surface area contributed by atoms with Crippen molar-refractivity contribution in [3.63, 3.8) is 0 Å². The predicted molar refractivity (Wildman–Crippen MR) is 118 cm³/mol. The van der Waals surface area contributed by atoms with Gasteiger partial charge in [0, 0.05) is 45.1 Å². The van der Waals surface area contributed by atoms with Gasteiger partial charge < -0.3 is 19.9 Å². The number of nitrogens with zero attached hydrogens (tertiary/aromatic N) is 6. The molecule has 28 heavy (non-hydrogen) atoms. The number of aryl methyl sites for hydroxylation is 1. The first-order valence-electron chi connectivity index (χ1n) is 8.92. The van der Waals surface area contributed by atoms with E-state index in [9.17, 15) is 4.79 Å². The summed E-state index contributed by atoms with van der Waals surface area (Å²) in [5, 5.41) is 7.42. The number of aliphatic imine (C=N–C) groups is 1. The lowest BCUT2D eigenvalue weighted by Gasteiger charge is -2.35. The van der Waals surface area contributed by atoms with Crippen molar-refractivity contribution in [2.45, 2.75) is 13.5 Å². The lowest BCUT2D eigenvalue weighted by atomic mass is 10.2. The molecule has 9 nitrogen and oxygen atoms in total. The lowest BCUT2D eigenvalue weighted by Crippen LogP contribution is -2.55. The maximum atomic E-state index is 12.6. The minimum Gasteiger partial charge on any atom is -0.481 e. The van der Waals surface area contributed by atoms with Gasteiger partial charge >= 0.3 is 0 Å². The number of methoxy groups -OCH3 is 1. The summed E-state index contributed by atoms with van der Waals surface area (Å²) in [7, 11) is 3.43. The molecule has 0 bridgehead atoms. The molecule has 0 radical (unpaired) electrons. The molecule has 2 aromatic heterocycles. The summed E-state index contributed by atoms with van der Waals surface area (Å²) in [6, 6.07) is 3.76. The number of hydrogen-bond donors (Lipinski definition) is 1. The Morgan fingerprint density at radius 1 is 1.39 bits per heavy atom. The zero-order valence-electron chi connectivity index (χ0n) is 16.3. The van der Waals surface area contributed by atoms with Gasteiger partial charge in [0.15, 0.2) is 5.96 Å². The van der Waals surface area contributed by atoms with Gasteiger partial charge in [0.25, 0.3) is 0 Å². The van der Waals surface area contributed by atoms with Gasteiger partial charge in [0.1, 0.15) is 6.54 Å². The van der Waals surface area contributed by atoms with E-state index in [1.54, 1.807) is 29.1 Å². The van der Waals surface area contributed by atoms with Crippen molar-refractivity contribution in [3.8, 4) is 5.88 Å². The molecular weight excluding hydrogens is 473 g/mol. The Labute approximate surface area is 181 Å². The van der Waals surface area contributed by atoms with E-state index in [-0.39, 0.29) is 36.4 Å². The maximum Gasteiger partial charge on any atom is 0.246 e. The van der Waals surface area contributed by atoms with Gasteiger partial charge in [-0.05, 0) is 18.6 Å². The van der Waals surface area contributed by atoms with Gasteiger partial charge in [0.2, 0.25) is 11.8 Å². The monoisotopic (exact) mass is 499 g/mol. The number of nitrogens with one attached hydrogen (secondary N) is 1. The van der Waals surface area contributed by atoms with Crippen LogP contribution in [0.3, 0.4) is 0 Å². The molecule has 0 aliphatic carbocycles. The lowest BCUT2D eigenvalue weighted by molar-refractivity contribution is -0.120. The number of anilines is 1. The molecule has 1 amide bonds. The third-order valence-electron chi connectivity index (χ3n) is 4.28. The second-order valence-electron chi connectivity index (χ2n) is 6.22. The van der Waals surface area contributed by atoms with Crippen LogP contribution in [0.2, 0.25) is 0 Å². The fourth-order valence-corrected chi connectivity index (χ4v) is 2.93. The molecule has 2 aromatic rings. The predicted octanol–water partition coefficient (Wildman–Crippen LogP) is 1.26. The van der Waals surface area contributed by atoms with Gasteiger partial charge in [-0.15, -0.1) is 24.0 Å². The molecule has 1 fully saturated rings. The van der Waals surface area contributed by atoms with Crippen molar-refractivity contribution >= 4 is 41.5 Å². The minimum absolute atomic E-state index is 0. The van der Waals surface area contributed by atoms with E-state index in [1.165, 1.54) is 0 Å². The number of halogens is 1. The second kappa shape index (κ2) is 10.2. The number of guanidine groups is 1. The molecule has 1 aliphatic heterocycles. The molecule has 0 saturated carbocycles. The number of carbonyl (C=O) groups excluding carboxylic acids is 1. The highest BCUT2D eigenvalue weighted by Gasteiger charge is 2.27. The molecule has 152 valence electrons. The van der Waals surface area contributed by atoms with Crippen molar-refractivity contribution in [1.29, 1.82) is 0 Å². The summed E-state index contributed by atoms with van der Waals surface area (Å²) in [6.07, 6.45) is 5.26. The van der Waals surface area contributed by atoms with Crippen LogP contribution in [0.4, 0.5) is 5.69 Å². The van der Waals surface area contributed by atoms with Crippen molar-refractivity contribution < 1.29 is 9.53 Å². The van der Waals surface area contributed by atoms with Crippen molar-refractivity contribution in [2.75, 3.05) is 38.2 Å². The number of aromatic nitrogens is 3. The smallest absolute Gasteiger partial charge is 0.246 e. The SMILES string of the molecule is CCNC(=NCc1ccnc(OC)c1)N1CCN(c2cnn(C)c2)C(=O)C1.I. The molecule has 0 spiro atoms. The Morgan fingerprint density at radius 2 is 2.21 bits per heavy atom. The summed E-state index contributed by atoms with van der Waals surface area (Å²) in [6.45, 7) is 4.80. The molecule has 0 atom stereocenters. The van der Waals surface area contributed by atoms with Crippen LogP contribution in [0.1, 0.15) is 12.5 Å². The summed E-state index contributed by atoms with van der Waals surface area (Å²) < 4.78 is 6.85. The Hall–Kier alpha value is -2.37. The van der Waals surface area contributed by atoms with Crippen LogP contribution in [0.15, 0.2) is 35.7 Å². The Bertz CT molecular complexity index is 824. The van der Waals surface area contributed by atoms with Gasteiger partial charge in [-0.3, -0.25) is 9.48 Å². The Kier molecular flexibility index (Phi) is 8.03. The van der Waals surface area contributed by atoms with Gasteiger partial charge in [-0.1, -0.05) is 0 Å². The maximum absolute atomic E-state index is 12.6. The van der Waals surface area contributed by atoms with Gasteiger partial charge in [-0.25, -0.2) is 9.98 Å². The molecule has 3 rings (SSSR count). The molecular formula is C18H26IN7O2. The zero-order valence-corrected chi connectivity index (χ0v) is 18.7. The van der Waals surface area contributed by atoms with E-state index in [1.807, 2.05) is 37.2 Å². The average molecular weight is 499 g/mol. The fourth-order valence-electron chi connectivity index (χ4n) is 2.93. The third-order valence-corrected chi connectivity index (χ3v) is 4.28. The molecule has 10 heteroatoms. The van der Waals surface area contributed by atoms with Gasteiger partial charge in [-0.2, -0.15) is 5.10 Å². The zero-order chi connectivity index (χ0) is 19.2. The van der Waals surface area contributed by atoms with Crippen LogP contribution < -0.4 is 15.0 Å². The normalized spacial score (nSPS) is 14.7. The van der Waals surface area contributed by atoms with Crippen LogP contribution in [0, 0.1) is 0 Å². The minimum atomic E-state index is 0. The molecule has 0 unspecified atom stereocenters. The molecule has 1 saturated heterocycles. The first-order valence-corrected chi connectivity index (χ1v) is 8.92. The van der Waals surface area contributed by atoms with E-state index in [0.717, 1.165) is 23.8 Å². The van der Waals surface area contributed by atoms with Crippen LogP contribution in [-0.2, 0) is 18.4 Å². The number of amides is 1. The summed E-state index contributed by atoms with van der Waals surface area (Å²) in [5.74, 6) is 1.32. The Morgan fingerprint density at radius 3 is 2.86 bits per heavy atom. The third kappa shape index (κ3) is 5.33. The highest BCUT2D eigenvalue weighted by Crippen LogP contribution is 2.16. The number of pyridine rings is 1. The number of ether oxygens (including phenoxy) is 1. The highest BCUT2D eigenvalue weighted by molar-refractivity contribution is 14.0. The standard InChI is InChI=1S/C18H25N7O2.HI/c1-4-19-18(21-10-14-5-6-20-16(9-14)27-3)24-7-8-25(17(26)13-24)15-11-22-23(2)12-15;/h5-6,9,11-12H,4,7-8,10,13H2,1-3H3,(H,19,21);1H. The van der Waals surface area contributed by atoms with E-state index >= 15 is 0 Å². The van der Waals surface area contributed by atoms with Crippen molar-refractivity contribution in [2.24, 2.45) is 12.0 Å². The van der Waals surface area contributed by atoms with Crippen LogP contribution >= 0.6 is 24.0 Å². The fraction of sp³-hybridized carbons (Fsp3) is 0.444. The van der Waals surface area contributed by atoms with Crippen molar-refractivity contribution in [3.05, 3.63) is 36.3 Å². The van der Waals surface area contributed by atoms with E-state index < -0.39 is 0 Å². The number of piperazine rings is 1. The molecule has 0 aromatic carbocycles. The summed E-state index contributed by atoms with van der Waals surface area (Å²) >= 11 is 0. The quantitative estimate of drug-likeness (QED) is 0.379. The topological polar surface area (TPSA) is 87.9 Å². The van der Waals surface area contributed by atoms with Crippen LogP contribution in [0.5, 0.6) is 5.88 Å². The summed E-state index contributed by atoms with van der Waals surface area (Å²) in [4.78, 5) is 25.2. The molecule has 3 heterocycles. The number of hydrogen-bond acceptors (Lipinski definition) is 5. The van der Waals surface area contributed by atoms with Gasteiger partial charge in [0.05, 0.1) is 25.5 Å².